The second kappa shape index (κ2) is 8.03. The lowest BCUT2D eigenvalue weighted by Gasteiger charge is -2.11. The van der Waals surface area contributed by atoms with Crippen molar-refractivity contribution in [3.63, 3.8) is 0 Å². The van der Waals surface area contributed by atoms with Crippen LogP contribution >= 0.6 is 0 Å². The fourth-order valence-corrected chi connectivity index (χ4v) is 2.57. The number of nitrogens with one attached hydrogen (secondary N) is 1. The van der Waals surface area contributed by atoms with E-state index in [0.717, 1.165) is 17.6 Å². The van der Waals surface area contributed by atoms with Crippen molar-refractivity contribution in [3.8, 4) is 5.75 Å². The Morgan fingerprint density at radius 1 is 1.08 bits per heavy atom. The quantitative estimate of drug-likeness (QED) is 0.728. The van der Waals surface area contributed by atoms with E-state index in [0.29, 0.717) is 16.9 Å². The second-order valence-electron chi connectivity index (χ2n) is 5.87. The van der Waals surface area contributed by atoms with E-state index in [1.807, 2.05) is 60.7 Å². The lowest BCUT2D eigenvalue weighted by Crippen LogP contribution is -2.23. The monoisotopic (exact) mass is 344 g/mol. The normalized spacial score (nSPS) is 13.8. The number of anilines is 1. The molecule has 0 spiro atoms. The number of aromatic hydroxyl groups is 1. The van der Waals surface area contributed by atoms with E-state index in [-0.39, 0.29) is 11.7 Å². The van der Waals surface area contributed by atoms with E-state index < -0.39 is 0 Å². The molecule has 1 amide bonds. The molecule has 0 radical (unpaired) electrons. The Bertz CT molecular complexity index is 919. The van der Waals surface area contributed by atoms with Gasteiger partial charge >= 0.3 is 0 Å². The molecule has 0 bridgehead atoms. The van der Waals surface area contributed by atoms with Crippen LogP contribution in [0, 0.1) is 0 Å². The predicted molar refractivity (Wildman–Crippen MR) is 105 cm³/mol. The zero-order chi connectivity index (χ0) is 18.4. The van der Waals surface area contributed by atoms with Crippen molar-refractivity contribution in [2.75, 3.05) is 5.73 Å². The number of hydrogen-bond donors (Lipinski definition) is 3. The Kier molecular flexibility index (Phi) is 5.34. The average molecular weight is 344 g/mol. The number of benzene rings is 2. The van der Waals surface area contributed by atoms with Crippen LogP contribution in [0.25, 0.3) is 6.08 Å². The van der Waals surface area contributed by atoms with Crippen molar-refractivity contribution >= 4 is 17.7 Å². The first-order valence-corrected chi connectivity index (χ1v) is 8.34. The number of hydrogen-bond acceptors (Lipinski definition) is 3. The molecule has 2 aromatic rings. The minimum absolute atomic E-state index is 0.127. The molecule has 4 heteroatoms. The zero-order valence-electron chi connectivity index (χ0n) is 14.2. The summed E-state index contributed by atoms with van der Waals surface area (Å²) in [6.07, 6.45) is 12.5. The standard InChI is InChI=1S/C22H20N2O2/c23-20-8-5-4-6-16(20)10-11-17-7-2-1-3-9-21(17)24-22(26)18-12-14-19(25)15-13-18/h1,3-15,25H,2,23H2,(H,24,26)/b11-10+. The summed E-state index contributed by atoms with van der Waals surface area (Å²) in [4.78, 5) is 12.5. The summed E-state index contributed by atoms with van der Waals surface area (Å²) in [5.74, 6) is -0.104. The molecule has 0 fully saturated rings. The third-order valence-corrected chi connectivity index (χ3v) is 4.00. The summed E-state index contributed by atoms with van der Waals surface area (Å²) >= 11 is 0. The Balaban J connectivity index is 1.80. The van der Waals surface area contributed by atoms with Crippen molar-refractivity contribution in [3.05, 3.63) is 101 Å². The third kappa shape index (κ3) is 4.30. The lowest BCUT2D eigenvalue weighted by molar-refractivity contribution is 0.0967. The molecule has 2 aromatic carbocycles. The molecule has 3 rings (SSSR count). The fourth-order valence-electron chi connectivity index (χ4n) is 2.57. The average Bonchev–Trinajstić information content (AvgIpc) is 2.87. The van der Waals surface area contributed by atoms with Crippen LogP contribution in [0.3, 0.4) is 0 Å². The summed E-state index contributed by atoms with van der Waals surface area (Å²) in [7, 11) is 0. The van der Waals surface area contributed by atoms with Crippen LogP contribution in [0.15, 0.2) is 90.2 Å². The zero-order valence-corrected chi connectivity index (χ0v) is 14.2. The number of carbonyl (C=O) groups excluding carboxylic acids is 1. The van der Waals surface area contributed by atoms with Gasteiger partial charge in [-0.05, 0) is 54.0 Å². The molecule has 1 aliphatic carbocycles. The van der Waals surface area contributed by atoms with Crippen molar-refractivity contribution in [1.82, 2.24) is 5.32 Å². The first-order valence-electron chi connectivity index (χ1n) is 8.34. The van der Waals surface area contributed by atoms with E-state index in [2.05, 4.69) is 5.32 Å². The predicted octanol–water partition coefficient (Wildman–Crippen LogP) is 4.19. The molecular weight excluding hydrogens is 324 g/mol. The summed E-state index contributed by atoms with van der Waals surface area (Å²) in [6.45, 7) is 0. The number of amides is 1. The van der Waals surface area contributed by atoms with Crippen LogP contribution in [-0.2, 0) is 0 Å². The van der Waals surface area contributed by atoms with Crippen molar-refractivity contribution in [2.24, 2.45) is 0 Å². The van der Waals surface area contributed by atoms with Gasteiger partial charge in [0.25, 0.3) is 5.91 Å². The van der Waals surface area contributed by atoms with Gasteiger partial charge in [0, 0.05) is 16.9 Å². The molecule has 130 valence electrons. The number of rotatable bonds is 4. The molecule has 0 saturated heterocycles. The van der Waals surface area contributed by atoms with Gasteiger partial charge in [0.1, 0.15) is 5.75 Å². The van der Waals surface area contributed by atoms with E-state index in [4.69, 9.17) is 5.73 Å². The number of allylic oxidation sites excluding steroid dienone is 5. The highest BCUT2D eigenvalue weighted by atomic mass is 16.3. The van der Waals surface area contributed by atoms with E-state index in [1.54, 1.807) is 12.1 Å². The molecule has 4 nitrogen and oxygen atoms in total. The molecular formula is C22H20N2O2. The maximum Gasteiger partial charge on any atom is 0.255 e. The summed E-state index contributed by atoms with van der Waals surface area (Å²) in [5, 5.41) is 12.3. The molecule has 0 heterocycles. The Labute approximate surface area is 152 Å². The van der Waals surface area contributed by atoms with Gasteiger partial charge in [0.05, 0.1) is 0 Å². The number of nitrogens with two attached hydrogens (primary N) is 1. The van der Waals surface area contributed by atoms with Crippen LogP contribution in [0.2, 0.25) is 0 Å². The number of phenolic OH excluding ortho intramolecular Hbond substituents is 1. The lowest BCUT2D eigenvalue weighted by atomic mass is 10.1. The molecule has 0 unspecified atom stereocenters. The molecule has 0 saturated carbocycles. The van der Waals surface area contributed by atoms with Crippen molar-refractivity contribution in [1.29, 1.82) is 0 Å². The molecule has 0 atom stereocenters. The van der Waals surface area contributed by atoms with Gasteiger partial charge in [-0.3, -0.25) is 4.79 Å². The highest BCUT2D eigenvalue weighted by molar-refractivity contribution is 5.96. The van der Waals surface area contributed by atoms with E-state index >= 15 is 0 Å². The van der Waals surface area contributed by atoms with Crippen molar-refractivity contribution in [2.45, 2.75) is 6.42 Å². The van der Waals surface area contributed by atoms with Gasteiger partial charge in [-0.25, -0.2) is 0 Å². The Morgan fingerprint density at radius 3 is 2.62 bits per heavy atom. The SMILES string of the molecule is Nc1ccccc1/C=C/C1=CCC=CC=C1NC(=O)c1ccc(O)cc1. The first-order chi connectivity index (χ1) is 12.6. The molecule has 1 aliphatic rings. The van der Waals surface area contributed by atoms with Gasteiger partial charge in [-0.15, -0.1) is 0 Å². The number of phenols is 1. The second-order valence-corrected chi connectivity index (χ2v) is 5.87. The minimum atomic E-state index is -0.231. The summed E-state index contributed by atoms with van der Waals surface area (Å²) in [6, 6.07) is 13.8. The molecule has 0 aliphatic heterocycles. The Hall–Kier alpha value is -3.53. The summed E-state index contributed by atoms with van der Waals surface area (Å²) in [5.41, 5.74) is 9.71. The molecule has 26 heavy (non-hydrogen) atoms. The smallest absolute Gasteiger partial charge is 0.255 e. The van der Waals surface area contributed by atoms with Gasteiger partial charge in [-0.2, -0.15) is 0 Å². The van der Waals surface area contributed by atoms with Crippen LogP contribution in [0.5, 0.6) is 5.75 Å². The van der Waals surface area contributed by atoms with Gasteiger partial charge in [0.15, 0.2) is 0 Å². The van der Waals surface area contributed by atoms with Crippen LogP contribution < -0.4 is 11.1 Å². The van der Waals surface area contributed by atoms with Gasteiger partial charge in [0.2, 0.25) is 0 Å². The maximum absolute atomic E-state index is 12.5. The topological polar surface area (TPSA) is 75.3 Å². The van der Waals surface area contributed by atoms with Crippen LogP contribution in [0.4, 0.5) is 5.69 Å². The van der Waals surface area contributed by atoms with E-state index in [1.165, 1.54) is 12.1 Å². The number of nitrogen functional groups attached to an aromatic ring is 1. The summed E-state index contributed by atoms with van der Waals surface area (Å²) < 4.78 is 0. The fraction of sp³-hybridized carbons (Fsp3) is 0.0455. The highest BCUT2D eigenvalue weighted by Gasteiger charge is 2.10. The van der Waals surface area contributed by atoms with Gasteiger partial charge < -0.3 is 16.2 Å². The van der Waals surface area contributed by atoms with E-state index in [9.17, 15) is 9.90 Å². The number of carbonyl (C=O) groups is 1. The minimum Gasteiger partial charge on any atom is -0.508 e. The van der Waals surface area contributed by atoms with Crippen LogP contribution in [0.1, 0.15) is 22.3 Å². The first kappa shape index (κ1) is 17.3. The molecule has 0 aromatic heterocycles. The number of para-hydroxylation sites is 1. The Morgan fingerprint density at radius 2 is 1.85 bits per heavy atom. The third-order valence-electron chi connectivity index (χ3n) is 4.00. The highest BCUT2D eigenvalue weighted by Crippen LogP contribution is 2.19. The van der Waals surface area contributed by atoms with Gasteiger partial charge in [-0.1, -0.05) is 48.6 Å². The maximum atomic E-state index is 12.5. The van der Waals surface area contributed by atoms with Crippen molar-refractivity contribution < 1.29 is 9.90 Å². The molecule has 4 N–H and O–H groups in total. The largest absolute Gasteiger partial charge is 0.508 e. The van der Waals surface area contributed by atoms with Crippen LogP contribution in [-0.4, -0.2) is 11.0 Å².